The fraction of sp³-hybridized carbons (Fsp3) is 0.682. The van der Waals surface area contributed by atoms with Crippen LogP contribution in [0.1, 0.15) is 52.4 Å². The zero-order valence-electron chi connectivity index (χ0n) is 17.5. The largest absolute Gasteiger partial charge is 0.494 e. The molecule has 0 aromatic heterocycles. The Morgan fingerprint density at radius 3 is 2.31 bits per heavy atom. The van der Waals surface area contributed by atoms with Gasteiger partial charge in [0.1, 0.15) is 5.75 Å². The van der Waals surface area contributed by atoms with Crippen molar-refractivity contribution >= 4 is 17.3 Å². The molecule has 4 bridgehead atoms. The van der Waals surface area contributed by atoms with Crippen molar-refractivity contribution in [2.45, 2.75) is 64.5 Å². The highest BCUT2D eigenvalue weighted by molar-refractivity contribution is 5.95. The van der Waals surface area contributed by atoms with Gasteiger partial charge in [0.25, 0.3) is 11.6 Å². The second-order valence-corrected chi connectivity index (χ2v) is 9.68. The molecule has 3 N–H and O–H groups in total. The molecule has 29 heavy (non-hydrogen) atoms. The molecule has 0 heterocycles. The molecule has 1 amide bonds. The number of methoxy groups -OCH3 is 1. The summed E-state index contributed by atoms with van der Waals surface area (Å²) < 4.78 is 5.23. The third kappa shape index (κ3) is 3.84. The molecule has 0 saturated heterocycles. The van der Waals surface area contributed by atoms with Crippen molar-refractivity contribution in [1.82, 2.24) is 0 Å². The molecule has 1 aromatic rings. The third-order valence-electron chi connectivity index (χ3n) is 7.70. The van der Waals surface area contributed by atoms with Crippen LogP contribution < -0.4 is 15.4 Å². The number of carbonyl (C=O) groups is 1. The van der Waals surface area contributed by atoms with Crippen molar-refractivity contribution in [3.8, 4) is 5.75 Å². The maximum Gasteiger partial charge on any atom is 0.282 e. The lowest BCUT2D eigenvalue weighted by Gasteiger charge is -2.58. The molecule has 4 saturated carbocycles. The van der Waals surface area contributed by atoms with Crippen LogP contribution in [-0.2, 0) is 4.79 Å². The highest BCUT2D eigenvalue weighted by Crippen LogP contribution is 2.60. The summed E-state index contributed by atoms with van der Waals surface area (Å²) in [5.41, 5.74) is 0.787. The zero-order valence-corrected chi connectivity index (χ0v) is 17.5. The Morgan fingerprint density at radius 1 is 1.21 bits per heavy atom. The van der Waals surface area contributed by atoms with Gasteiger partial charge in [-0.1, -0.05) is 0 Å². The van der Waals surface area contributed by atoms with Crippen molar-refractivity contribution in [2.75, 3.05) is 12.4 Å². The number of hydrogen-bond acceptors (Lipinski definition) is 4. The van der Waals surface area contributed by atoms with Gasteiger partial charge < -0.3 is 15.4 Å². The molecular weight excluding hydrogens is 370 g/mol. The molecule has 158 valence electrons. The van der Waals surface area contributed by atoms with Gasteiger partial charge in [-0.05, 0) is 76.2 Å². The monoisotopic (exact) mass is 402 g/mol. The smallest absolute Gasteiger partial charge is 0.282 e. The quantitative estimate of drug-likeness (QED) is 0.541. The predicted octanol–water partition coefficient (Wildman–Crippen LogP) is 3.10. The molecule has 0 radical (unpaired) electrons. The molecule has 2 atom stereocenters. The van der Waals surface area contributed by atoms with Crippen LogP contribution in [0.15, 0.2) is 18.2 Å². The number of amides is 1. The number of rotatable bonds is 7. The maximum atomic E-state index is 12.8. The Bertz CT molecular complexity index is 774. The minimum Gasteiger partial charge on any atom is -0.494 e. The number of anilines is 1. The molecule has 7 heteroatoms. The SMILES string of the molecule is COc1cc([N+](=O)[O-])ccc1NC(=O)[C@H](C)[NH2+][C@@H](C)C12CC3CC(CC(C3)C1)C2. The van der Waals surface area contributed by atoms with Crippen LogP contribution in [0.25, 0.3) is 0 Å². The Balaban J connectivity index is 1.40. The van der Waals surface area contributed by atoms with E-state index in [1.54, 1.807) is 0 Å². The van der Waals surface area contributed by atoms with E-state index < -0.39 is 4.92 Å². The van der Waals surface area contributed by atoms with Crippen molar-refractivity contribution in [2.24, 2.45) is 23.2 Å². The minimum absolute atomic E-state index is 0.0603. The molecule has 0 unspecified atom stereocenters. The Morgan fingerprint density at radius 2 is 1.79 bits per heavy atom. The maximum absolute atomic E-state index is 12.8. The Kier molecular flexibility index (Phi) is 5.27. The summed E-state index contributed by atoms with van der Waals surface area (Å²) in [6, 6.07) is 4.42. The van der Waals surface area contributed by atoms with Gasteiger partial charge in [-0.25, -0.2) is 0 Å². The molecular formula is C22H32N3O4+. The molecule has 4 aliphatic rings. The first-order valence-corrected chi connectivity index (χ1v) is 10.8. The van der Waals surface area contributed by atoms with Crippen LogP contribution in [-0.4, -0.2) is 30.0 Å². The summed E-state index contributed by atoms with van der Waals surface area (Å²) in [7, 11) is 1.44. The lowest BCUT2D eigenvalue weighted by atomic mass is 9.48. The summed E-state index contributed by atoms with van der Waals surface area (Å²) >= 11 is 0. The molecule has 5 rings (SSSR count). The van der Waals surface area contributed by atoms with Gasteiger partial charge in [0.05, 0.1) is 29.8 Å². The normalized spacial score (nSPS) is 31.9. The summed E-state index contributed by atoms with van der Waals surface area (Å²) in [6.07, 6.45) is 8.22. The zero-order chi connectivity index (χ0) is 20.8. The average molecular weight is 403 g/mol. The summed E-state index contributed by atoms with van der Waals surface area (Å²) in [5.74, 6) is 2.88. The number of nitrogens with two attached hydrogens (primary N) is 1. The summed E-state index contributed by atoms with van der Waals surface area (Å²) in [4.78, 5) is 23.3. The van der Waals surface area contributed by atoms with Crippen LogP contribution in [0.3, 0.4) is 0 Å². The van der Waals surface area contributed by atoms with Gasteiger partial charge in [-0.2, -0.15) is 0 Å². The van der Waals surface area contributed by atoms with Gasteiger partial charge in [0.15, 0.2) is 6.04 Å². The van der Waals surface area contributed by atoms with Crippen molar-refractivity contribution in [3.05, 3.63) is 28.3 Å². The number of nitro benzene ring substituents is 1. The lowest BCUT2D eigenvalue weighted by molar-refractivity contribution is -0.718. The fourth-order valence-electron chi connectivity index (χ4n) is 6.60. The van der Waals surface area contributed by atoms with Gasteiger partial charge in [-0.3, -0.25) is 14.9 Å². The van der Waals surface area contributed by atoms with E-state index in [-0.39, 0.29) is 17.6 Å². The molecule has 0 spiro atoms. The van der Waals surface area contributed by atoms with Crippen LogP contribution in [0.4, 0.5) is 11.4 Å². The first kappa shape index (κ1) is 20.1. The van der Waals surface area contributed by atoms with E-state index in [1.807, 2.05) is 6.92 Å². The number of ether oxygens (including phenoxy) is 1. The predicted molar refractivity (Wildman–Crippen MR) is 110 cm³/mol. The molecule has 7 nitrogen and oxygen atoms in total. The summed E-state index contributed by atoms with van der Waals surface area (Å²) in [5, 5.41) is 16.1. The van der Waals surface area contributed by atoms with Crippen molar-refractivity contribution in [1.29, 1.82) is 0 Å². The number of benzene rings is 1. The number of quaternary nitrogens is 1. The van der Waals surface area contributed by atoms with Gasteiger partial charge >= 0.3 is 0 Å². The van der Waals surface area contributed by atoms with Crippen LogP contribution in [0, 0.1) is 33.3 Å². The van der Waals surface area contributed by atoms with Crippen LogP contribution >= 0.6 is 0 Å². The number of hydrogen-bond donors (Lipinski definition) is 2. The highest BCUT2D eigenvalue weighted by Gasteiger charge is 2.54. The topological polar surface area (TPSA) is 98.1 Å². The van der Waals surface area contributed by atoms with Gasteiger partial charge in [0, 0.05) is 11.5 Å². The van der Waals surface area contributed by atoms with Gasteiger partial charge in [-0.15, -0.1) is 0 Å². The van der Waals surface area contributed by atoms with Gasteiger partial charge in [0.2, 0.25) is 0 Å². The standard InChI is InChI=1S/C22H31N3O4/c1-13(21(26)24-19-5-4-18(25(27)28)9-20(19)29-3)23-14(2)22-10-15-6-16(11-22)8-17(7-15)12-22/h4-5,9,13-17,23H,6-8,10-12H2,1-3H3,(H,24,26)/p+1/t13-,14-,15?,16?,17?,22?/m0/s1. The van der Waals surface area contributed by atoms with E-state index in [2.05, 4.69) is 17.6 Å². The first-order chi connectivity index (χ1) is 13.8. The van der Waals surface area contributed by atoms with E-state index in [0.29, 0.717) is 22.9 Å². The number of non-ortho nitro benzene ring substituents is 1. The highest BCUT2D eigenvalue weighted by atomic mass is 16.6. The third-order valence-corrected chi connectivity index (χ3v) is 7.70. The number of nitro groups is 1. The Hall–Kier alpha value is -2.15. The van der Waals surface area contributed by atoms with Crippen LogP contribution in [0.5, 0.6) is 5.75 Å². The molecule has 4 aliphatic carbocycles. The summed E-state index contributed by atoms with van der Waals surface area (Å²) in [6.45, 7) is 4.23. The number of carbonyl (C=O) groups excluding carboxylic acids is 1. The van der Waals surface area contributed by atoms with Crippen LogP contribution in [0.2, 0.25) is 0 Å². The first-order valence-electron chi connectivity index (χ1n) is 10.8. The number of nitrogens with one attached hydrogen (secondary N) is 1. The van der Waals surface area contributed by atoms with E-state index in [0.717, 1.165) is 17.8 Å². The Labute approximate surface area is 171 Å². The van der Waals surface area contributed by atoms with Crippen molar-refractivity contribution in [3.63, 3.8) is 0 Å². The van der Waals surface area contributed by atoms with E-state index >= 15 is 0 Å². The van der Waals surface area contributed by atoms with E-state index in [4.69, 9.17) is 4.74 Å². The van der Waals surface area contributed by atoms with E-state index in [1.165, 1.54) is 63.8 Å². The molecule has 1 aromatic carbocycles. The fourth-order valence-corrected chi connectivity index (χ4v) is 6.60. The second-order valence-electron chi connectivity index (χ2n) is 9.68. The van der Waals surface area contributed by atoms with Crippen molar-refractivity contribution < 1.29 is 19.8 Å². The van der Waals surface area contributed by atoms with E-state index in [9.17, 15) is 14.9 Å². The second kappa shape index (κ2) is 7.59. The minimum atomic E-state index is -0.475. The average Bonchev–Trinajstić information content (AvgIpc) is 2.66. The molecule has 4 fully saturated rings. The molecule has 0 aliphatic heterocycles. The lowest BCUT2D eigenvalue weighted by Crippen LogP contribution is -2.98. The number of nitrogens with zero attached hydrogens (tertiary/aromatic N) is 1.